The van der Waals surface area contributed by atoms with Crippen LogP contribution in [0.3, 0.4) is 0 Å². The molecule has 1 unspecified atom stereocenters. The number of aliphatic imine (C=N–C) groups is 1. The van der Waals surface area contributed by atoms with Gasteiger partial charge in [0.1, 0.15) is 0 Å². The Morgan fingerprint density at radius 1 is 1.45 bits per heavy atom. The summed E-state index contributed by atoms with van der Waals surface area (Å²) in [6.45, 7) is 6.34. The molecular formula is C14H24IN3S2. The molecular weight excluding hydrogens is 401 g/mol. The molecule has 0 aliphatic carbocycles. The van der Waals surface area contributed by atoms with Crippen molar-refractivity contribution in [2.24, 2.45) is 4.99 Å². The van der Waals surface area contributed by atoms with E-state index in [2.05, 4.69) is 52.7 Å². The van der Waals surface area contributed by atoms with E-state index in [1.54, 1.807) is 11.3 Å². The van der Waals surface area contributed by atoms with Crippen molar-refractivity contribution in [3.8, 4) is 0 Å². The Labute approximate surface area is 147 Å². The molecule has 2 rings (SSSR count). The van der Waals surface area contributed by atoms with Crippen LogP contribution >= 0.6 is 47.1 Å². The van der Waals surface area contributed by atoms with Gasteiger partial charge in [0, 0.05) is 23.2 Å². The average molecular weight is 425 g/mol. The van der Waals surface area contributed by atoms with Crippen LogP contribution in [0, 0.1) is 6.92 Å². The molecule has 3 nitrogen and oxygen atoms in total. The summed E-state index contributed by atoms with van der Waals surface area (Å²) in [7, 11) is 1.83. The summed E-state index contributed by atoms with van der Waals surface area (Å²) in [5.41, 5.74) is 1.35. The number of thioether (sulfide) groups is 1. The molecule has 1 fully saturated rings. The van der Waals surface area contributed by atoms with E-state index in [-0.39, 0.29) is 24.0 Å². The summed E-state index contributed by atoms with van der Waals surface area (Å²) in [5.74, 6) is 2.19. The average Bonchev–Trinajstić information content (AvgIpc) is 3.00. The molecule has 0 aromatic carbocycles. The van der Waals surface area contributed by atoms with Crippen LogP contribution in [0.25, 0.3) is 0 Å². The van der Waals surface area contributed by atoms with E-state index in [1.165, 1.54) is 29.0 Å². The van der Waals surface area contributed by atoms with Crippen LogP contribution in [0.5, 0.6) is 0 Å². The molecule has 0 radical (unpaired) electrons. The van der Waals surface area contributed by atoms with E-state index in [9.17, 15) is 0 Å². The van der Waals surface area contributed by atoms with E-state index in [0.717, 1.165) is 19.0 Å². The van der Waals surface area contributed by atoms with Crippen LogP contribution in [0.2, 0.25) is 0 Å². The predicted octanol–water partition coefficient (Wildman–Crippen LogP) is 3.63. The molecule has 1 atom stereocenters. The van der Waals surface area contributed by atoms with Crippen molar-refractivity contribution in [1.29, 1.82) is 0 Å². The molecule has 1 aliphatic rings. The van der Waals surface area contributed by atoms with Crippen LogP contribution in [0.15, 0.2) is 16.4 Å². The number of hydrogen-bond acceptors (Lipinski definition) is 3. The molecule has 2 heterocycles. The summed E-state index contributed by atoms with van der Waals surface area (Å²) < 4.78 is 0.371. The highest BCUT2D eigenvalue weighted by atomic mass is 127. The largest absolute Gasteiger partial charge is 0.355 e. The van der Waals surface area contributed by atoms with Crippen LogP contribution in [0.4, 0.5) is 0 Å². The lowest BCUT2D eigenvalue weighted by atomic mass is 10.1. The van der Waals surface area contributed by atoms with E-state index < -0.39 is 0 Å². The Bertz CT molecular complexity index is 439. The van der Waals surface area contributed by atoms with E-state index in [0.29, 0.717) is 4.75 Å². The highest BCUT2D eigenvalue weighted by Gasteiger charge is 2.29. The third kappa shape index (κ3) is 5.11. The Morgan fingerprint density at radius 3 is 2.80 bits per heavy atom. The molecule has 2 N–H and O–H groups in total. The molecule has 1 saturated heterocycles. The standard InChI is InChI=1S/C14H23N3S2.HI/c1-11-5-8-18-12(11)9-16-13(15-3)17-10-14(2)6-4-7-19-14;/h5,8H,4,6-7,9-10H2,1-3H3,(H2,15,16,17);1H. The molecule has 20 heavy (non-hydrogen) atoms. The number of rotatable bonds is 4. The molecule has 1 aliphatic heterocycles. The van der Waals surface area contributed by atoms with Crippen molar-refractivity contribution in [3.63, 3.8) is 0 Å². The van der Waals surface area contributed by atoms with Gasteiger partial charge in [-0.15, -0.1) is 35.3 Å². The predicted molar refractivity (Wildman–Crippen MR) is 103 cm³/mol. The zero-order valence-corrected chi connectivity index (χ0v) is 16.3. The molecule has 1 aromatic rings. The molecule has 114 valence electrons. The molecule has 0 bridgehead atoms. The maximum Gasteiger partial charge on any atom is 0.191 e. The smallest absolute Gasteiger partial charge is 0.191 e. The van der Waals surface area contributed by atoms with Crippen molar-refractivity contribution in [1.82, 2.24) is 10.6 Å². The number of guanidine groups is 1. The van der Waals surface area contributed by atoms with E-state index >= 15 is 0 Å². The van der Waals surface area contributed by atoms with Gasteiger partial charge in [-0.2, -0.15) is 11.8 Å². The Kier molecular flexibility index (Phi) is 7.68. The van der Waals surface area contributed by atoms with Crippen molar-refractivity contribution in [2.45, 2.75) is 38.0 Å². The molecule has 0 amide bonds. The van der Waals surface area contributed by atoms with Gasteiger partial charge in [-0.1, -0.05) is 0 Å². The highest BCUT2D eigenvalue weighted by Crippen LogP contribution is 2.36. The SMILES string of the molecule is CN=C(NCc1sccc1C)NCC1(C)CCCS1.I. The maximum absolute atomic E-state index is 4.30. The number of nitrogens with one attached hydrogen (secondary N) is 2. The first-order valence-electron chi connectivity index (χ1n) is 6.74. The van der Waals surface area contributed by atoms with Crippen LogP contribution < -0.4 is 10.6 Å². The number of aryl methyl sites for hydroxylation is 1. The fourth-order valence-electron chi connectivity index (χ4n) is 2.22. The van der Waals surface area contributed by atoms with Crippen molar-refractivity contribution >= 4 is 53.0 Å². The van der Waals surface area contributed by atoms with Crippen molar-refractivity contribution < 1.29 is 0 Å². The van der Waals surface area contributed by atoms with Crippen LogP contribution in [0.1, 0.15) is 30.2 Å². The van der Waals surface area contributed by atoms with Gasteiger partial charge in [-0.05, 0) is 49.5 Å². The number of hydrogen-bond donors (Lipinski definition) is 2. The second-order valence-electron chi connectivity index (χ2n) is 5.21. The number of nitrogens with zero attached hydrogens (tertiary/aromatic N) is 1. The molecule has 0 saturated carbocycles. The molecule has 0 spiro atoms. The topological polar surface area (TPSA) is 36.4 Å². The monoisotopic (exact) mass is 425 g/mol. The Hall–Kier alpha value is 0.0500. The van der Waals surface area contributed by atoms with Gasteiger partial charge in [0.25, 0.3) is 0 Å². The minimum Gasteiger partial charge on any atom is -0.355 e. The summed E-state index contributed by atoms with van der Waals surface area (Å²) >= 11 is 3.87. The van der Waals surface area contributed by atoms with Gasteiger partial charge in [0.15, 0.2) is 5.96 Å². The van der Waals surface area contributed by atoms with E-state index in [1.807, 2.05) is 7.05 Å². The first-order valence-corrected chi connectivity index (χ1v) is 8.61. The first-order chi connectivity index (χ1) is 9.13. The lowest BCUT2D eigenvalue weighted by Crippen LogP contribution is -2.43. The Balaban J connectivity index is 0.00000200. The third-order valence-electron chi connectivity index (χ3n) is 3.54. The van der Waals surface area contributed by atoms with Crippen molar-refractivity contribution in [3.05, 3.63) is 21.9 Å². The van der Waals surface area contributed by atoms with Gasteiger partial charge in [0.2, 0.25) is 0 Å². The lowest BCUT2D eigenvalue weighted by molar-refractivity contribution is 0.584. The van der Waals surface area contributed by atoms with Crippen LogP contribution in [-0.2, 0) is 6.54 Å². The van der Waals surface area contributed by atoms with Gasteiger partial charge < -0.3 is 10.6 Å². The molecule has 1 aromatic heterocycles. The van der Waals surface area contributed by atoms with Crippen molar-refractivity contribution in [2.75, 3.05) is 19.3 Å². The normalized spacial score (nSPS) is 22.4. The second-order valence-corrected chi connectivity index (χ2v) is 7.89. The first kappa shape index (κ1) is 18.1. The minimum absolute atomic E-state index is 0. The minimum atomic E-state index is 0. The fourth-order valence-corrected chi connectivity index (χ4v) is 4.31. The summed E-state index contributed by atoms with van der Waals surface area (Å²) in [6.07, 6.45) is 2.63. The zero-order valence-electron chi connectivity index (χ0n) is 12.4. The quantitative estimate of drug-likeness (QED) is 0.440. The maximum atomic E-state index is 4.30. The third-order valence-corrected chi connectivity index (χ3v) is 6.10. The van der Waals surface area contributed by atoms with Gasteiger partial charge in [-0.25, -0.2) is 0 Å². The second kappa shape index (κ2) is 8.48. The van der Waals surface area contributed by atoms with Gasteiger partial charge >= 0.3 is 0 Å². The van der Waals surface area contributed by atoms with Gasteiger partial charge in [-0.3, -0.25) is 4.99 Å². The van der Waals surface area contributed by atoms with Gasteiger partial charge in [0.05, 0.1) is 6.54 Å². The number of halogens is 1. The summed E-state index contributed by atoms with van der Waals surface area (Å²) in [5, 5.41) is 8.99. The zero-order chi connectivity index (χ0) is 13.7. The highest BCUT2D eigenvalue weighted by molar-refractivity contribution is 14.0. The number of thiophene rings is 1. The lowest BCUT2D eigenvalue weighted by Gasteiger charge is -2.24. The van der Waals surface area contributed by atoms with E-state index in [4.69, 9.17) is 0 Å². The van der Waals surface area contributed by atoms with Crippen LogP contribution in [-0.4, -0.2) is 30.1 Å². The Morgan fingerprint density at radius 2 is 2.25 bits per heavy atom. The summed E-state index contributed by atoms with van der Waals surface area (Å²) in [4.78, 5) is 5.68. The summed E-state index contributed by atoms with van der Waals surface area (Å²) in [6, 6.07) is 2.16. The molecule has 6 heteroatoms. The fraction of sp³-hybridized carbons (Fsp3) is 0.643.